The summed E-state index contributed by atoms with van der Waals surface area (Å²) in [6.45, 7) is 4.59. The third-order valence-corrected chi connectivity index (χ3v) is 11.4. The van der Waals surface area contributed by atoms with E-state index < -0.39 is 0 Å². The van der Waals surface area contributed by atoms with E-state index in [4.69, 9.17) is 0 Å². The SMILES string of the molecule is CCCCCCC[Si](CCCCCCC)[Si][Si]. The standard InChI is InChI=1S/C14H30Si3/c1-3-5-7-9-11-13-17(16-15)14-12-10-8-6-4-2/h3-14H2,1-2H3. The Morgan fingerprint density at radius 3 is 1.47 bits per heavy atom. The third kappa shape index (κ3) is 12.9. The molecule has 0 spiro atoms. The van der Waals surface area contributed by atoms with Gasteiger partial charge >= 0.3 is 0 Å². The lowest BCUT2D eigenvalue weighted by atomic mass is 10.2. The van der Waals surface area contributed by atoms with Crippen LogP contribution in [0.5, 0.6) is 0 Å². The lowest BCUT2D eigenvalue weighted by Gasteiger charge is -2.12. The van der Waals surface area contributed by atoms with Gasteiger partial charge in [-0.05, 0) is 0 Å². The van der Waals surface area contributed by atoms with Crippen LogP contribution in [0, 0.1) is 0 Å². The van der Waals surface area contributed by atoms with E-state index in [9.17, 15) is 0 Å². The molecule has 0 atom stereocenters. The van der Waals surface area contributed by atoms with Crippen molar-refractivity contribution in [3.63, 3.8) is 0 Å². The normalized spacial score (nSPS) is 11.3. The van der Waals surface area contributed by atoms with Crippen molar-refractivity contribution in [2.45, 2.75) is 90.1 Å². The molecule has 0 unspecified atom stereocenters. The Hall–Kier alpha value is 0.651. The van der Waals surface area contributed by atoms with Gasteiger partial charge in [0, 0.05) is 26.6 Å². The Balaban J connectivity index is 3.30. The maximum atomic E-state index is 3.80. The van der Waals surface area contributed by atoms with Gasteiger partial charge in [0.25, 0.3) is 0 Å². The maximum absolute atomic E-state index is 3.80. The van der Waals surface area contributed by atoms with Crippen molar-refractivity contribution in [3.8, 4) is 0 Å². The molecule has 0 aromatic heterocycles. The van der Waals surface area contributed by atoms with Gasteiger partial charge in [0.15, 0.2) is 0 Å². The predicted octanol–water partition coefficient (Wildman–Crippen LogP) is 4.71. The molecular formula is C14H30Si3. The van der Waals surface area contributed by atoms with Crippen LogP contribution in [0.15, 0.2) is 0 Å². The molecule has 0 aliphatic rings. The number of hydrogen-bond acceptors (Lipinski definition) is 0. The first-order valence-corrected chi connectivity index (χ1v) is 13.0. The molecule has 0 aliphatic heterocycles. The molecule has 3 heteroatoms. The first-order valence-electron chi connectivity index (χ1n) is 7.62. The first-order chi connectivity index (χ1) is 8.35. The predicted molar refractivity (Wildman–Crippen MR) is 84.4 cm³/mol. The number of rotatable bonds is 13. The summed E-state index contributed by atoms with van der Waals surface area (Å²) < 4.78 is 0. The molecule has 0 aliphatic carbocycles. The molecule has 0 N–H and O–H groups in total. The molecule has 0 bridgehead atoms. The van der Waals surface area contributed by atoms with Crippen LogP contribution in [0.25, 0.3) is 0 Å². The topological polar surface area (TPSA) is 0 Å². The van der Waals surface area contributed by atoms with Crippen LogP contribution in [0.3, 0.4) is 0 Å². The zero-order chi connectivity index (χ0) is 12.8. The largest absolute Gasteiger partial charge is 0.0654 e. The second-order valence-electron chi connectivity index (χ2n) is 5.06. The van der Waals surface area contributed by atoms with Crippen molar-refractivity contribution in [3.05, 3.63) is 0 Å². The summed E-state index contributed by atoms with van der Waals surface area (Å²) in [5.41, 5.74) is 0. The van der Waals surface area contributed by atoms with Crippen LogP contribution in [0.2, 0.25) is 12.1 Å². The van der Waals surface area contributed by atoms with Gasteiger partial charge < -0.3 is 0 Å². The molecular weight excluding hydrogens is 252 g/mol. The van der Waals surface area contributed by atoms with Crippen molar-refractivity contribution in [2.75, 3.05) is 0 Å². The van der Waals surface area contributed by atoms with Gasteiger partial charge in [-0.3, -0.25) is 0 Å². The van der Waals surface area contributed by atoms with Crippen LogP contribution in [0.1, 0.15) is 78.1 Å². The van der Waals surface area contributed by atoms with Crippen molar-refractivity contribution in [1.82, 2.24) is 0 Å². The fourth-order valence-corrected chi connectivity index (χ4v) is 8.05. The Morgan fingerprint density at radius 2 is 1.12 bits per heavy atom. The van der Waals surface area contributed by atoms with Gasteiger partial charge in [0.2, 0.25) is 0 Å². The molecule has 0 saturated carbocycles. The van der Waals surface area contributed by atoms with Gasteiger partial charge in [-0.1, -0.05) is 90.1 Å². The fraction of sp³-hybridized carbons (Fsp3) is 1.00. The summed E-state index contributed by atoms with van der Waals surface area (Å²) in [6, 6.07) is 3.12. The molecule has 0 rings (SSSR count). The van der Waals surface area contributed by atoms with Crippen LogP contribution >= 0.6 is 0 Å². The minimum atomic E-state index is -0.0168. The summed E-state index contributed by atoms with van der Waals surface area (Å²) in [5.74, 6) is 0. The van der Waals surface area contributed by atoms with Crippen molar-refractivity contribution in [2.24, 2.45) is 0 Å². The summed E-state index contributed by atoms with van der Waals surface area (Å²) in [5, 5.41) is 0. The van der Waals surface area contributed by atoms with E-state index in [1.54, 1.807) is 12.1 Å². The molecule has 98 valence electrons. The average Bonchev–Trinajstić information content (AvgIpc) is 2.36. The summed E-state index contributed by atoms with van der Waals surface area (Å²) in [6.07, 6.45) is 14.5. The van der Waals surface area contributed by atoms with E-state index >= 15 is 0 Å². The van der Waals surface area contributed by atoms with Crippen LogP contribution in [-0.4, -0.2) is 26.6 Å². The second kappa shape index (κ2) is 14.7. The Kier molecular flexibility index (Phi) is 15.3. The zero-order valence-corrected chi connectivity index (χ0v) is 15.0. The van der Waals surface area contributed by atoms with Gasteiger partial charge in [0.1, 0.15) is 0 Å². The molecule has 0 aromatic carbocycles. The molecule has 6 radical (unpaired) electrons. The quantitative estimate of drug-likeness (QED) is 0.339. The summed E-state index contributed by atoms with van der Waals surface area (Å²) in [7, 11) is 4.87. The maximum Gasteiger partial charge on any atom is 0.0303 e. The van der Waals surface area contributed by atoms with Gasteiger partial charge in [0.05, 0.1) is 0 Å². The first kappa shape index (κ1) is 17.7. The van der Waals surface area contributed by atoms with Crippen molar-refractivity contribution in [1.29, 1.82) is 0 Å². The highest BCUT2D eigenvalue weighted by Crippen LogP contribution is 2.13. The lowest BCUT2D eigenvalue weighted by Crippen LogP contribution is -2.22. The Labute approximate surface area is 117 Å². The fourth-order valence-electron chi connectivity index (χ4n) is 2.13. The van der Waals surface area contributed by atoms with E-state index in [-0.39, 0.29) is 8.31 Å². The Morgan fingerprint density at radius 1 is 0.706 bits per heavy atom. The summed E-state index contributed by atoms with van der Waals surface area (Å²) >= 11 is 0. The molecule has 0 nitrogen and oxygen atoms in total. The highest BCUT2D eigenvalue weighted by atomic mass is 29.5. The summed E-state index contributed by atoms with van der Waals surface area (Å²) in [4.78, 5) is 0. The van der Waals surface area contributed by atoms with E-state index in [2.05, 4.69) is 23.6 Å². The van der Waals surface area contributed by atoms with E-state index in [1.807, 2.05) is 0 Å². The molecule has 0 amide bonds. The van der Waals surface area contributed by atoms with E-state index in [1.165, 1.54) is 64.2 Å². The lowest BCUT2D eigenvalue weighted by molar-refractivity contribution is 0.647. The highest BCUT2D eigenvalue weighted by molar-refractivity contribution is 7.31. The smallest absolute Gasteiger partial charge is 0.0303 e. The molecule has 17 heavy (non-hydrogen) atoms. The van der Waals surface area contributed by atoms with Gasteiger partial charge in [-0.25, -0.2) is 0 Å². The van der Waals surface area contributed by atoms with Gasteiger partial charge in [-0.2, -0.15) is 0 Å². The van der Waals surface area contributed by atoms with Crippen LogP contribution in [-0.2, 0) is 0 Å². The zero-order valence-electron chi connectivity index (χ0n) is 12.0. The van der Waals surface area contributed by atoms with Crippen LogP contribution < -0.4 is 0 Å². The molecule has 0 aromatic rings. The average molecular weight is 283 g/mol. The minimum absolute atomic E-state index is 0.0168. The Bertz CT molecular complexity index is 125. The second-order valence-corrected chi connectivity index (χ2v) is 12.6. The van der Waals surface area contributed by atoms with E-state index in [0.717, 1.165) is 8.55 Å². The van der Waals surface area contributed by atoms with E-state index in [0.29, 0.717) is 0 Å². The number of unbranched alkanes of at least 4 members (excludes halogenated alkanes) is 8. The molecule has 0 heterocycles. The van der Waals surface area contributed by atoms with Crippen molar-refractivity contribution < 1.29 is 0 Å². The molecule has 0 fully saturated rings. The monoisotopic (exact) mass is 282 g/mol. The van der Waals surface area contributed by atoms with Gasteiger partial charge in [-0.15, -0.1) is 0 Å². The van der Waals surface area contributed by atoms with Crippen LogP contribution in [0.4, 0.5) is 0 Å². The number of hydrogen-bond donors (Lipinski definition) is 0. The minimum Gasteiger partial charge on any atom is -0.0654 e. The highest BCUT2D eigenvalue weighted by Gasteiger charge is 2.07. The van der Waals surface area contributed by atoms with Crippen molar-refractivity contribution >= 4 is 26.6 Å². The molecule has 0 saturated heterocycles. The third-order valence-electron chi connectivity index (χ3n) is 3.34.